The summed E-state index contributed by atoms with van der Waals surface area (Å²) in [4.78, 5) is 0. The van der Waals surface area contributed by atoms with E-state index in [2.05, 4.69) is 38.6 Å². The first-order valence-corrected chi connectivity index (χ1v) is 9.75. The Hall–Kier alpha value is -2.15. The van der Waals surface area contributed by atoms with Crippen molar-refractivity contribution in [3.8, 4) is 0 Å². The zero-order valence-corrected chi connectivity index (χ0v) is 18.8. The van der Waals surface area contributed by atoms with Gasteiger partial charge in [0.15, 0.2) is 0 Å². The van der Waals surface area contributed by atoms with E-state index in [0.717, 1.165) is 5.56 Å². The average molecular weight is 356 g/mol. The van der Waals surface area contributed by atoms with Crippen LogP contribution in [0.1, 0.15) is 76.3 Å². The van der Waals surface area contributed by atoms with Crippen LogP contribution in [0.5, 0.6) is 0 Å². The Balaban J connectivity index is -0.000000316. The number of hydrogen-bond donors (Lipinski definition) is 1. The minimum atomic E-state index is 0.625. The topological polar surface area (TPSA) is 23.9 Å². The quantitative estimate of drug-likeness (QED) is 0.523. The molecular weight excluding hydrogens is 314 g/mol. The first kappa shape index (κ1) is 28.6. The minimum Gasteiger partial charge on any atom is -0.305 e. The fraction of sp³-hybridized carbons (Fsp3) is 0.400. The molecule has 0 bridgehead atoms. The van der Waals surface area contributed by atoms with E-state index in [1.807, 2.05) is 78.8 Å². The van der Waals surface area contributed by atoms with E-state index in [9.17, 15) is 0 Å². The fourth-order valence-electron chi connectivity index (χ4n) is 1.93. The number of aryl methyl sites for hydroxylation is 3. The van der Waals surface area contributed by atoms with Gasteiger partial charge < -0.3 is 5.41 Å². The maximum Gasteiger partial charge on any atom is 0.0355 e. The molecule has 0 atom stereocenters. The van der Waals surface area contributed by atoms with Crippen LogP contribution in [-0.4, -0.2) is 5.71 Å². The number of nitrogens with one attached hydrogen (secondary N) is 1. The second-order valence-corrected chi connectivity index (χ2v) is 5.12. The molecule has 1 N–H and O–H groups in total. The highest BCUT2D eigenvalue weighted by atomic mass is 14.4. The van der Waals surface area contributed by atoms with Crippen LogP contribution < -0.4 is 0 Å². The molecule has 0 fully saturated rings. The third kappa shape index (κ3) is 14.2. The van der Waals surface area contributed by atoms with Crippen molar-refractivity contribution >= 4 is 11.8 Å². The molecule has 0 aliphatic heterocycles. The second kappa shape index (κ2) is 19.2. The molecule has 2 aromatic rings. The highest BCUT2D eigenvalue weighted by Gasteiger charge is 1.91. The molecule has 146 valence electrons. The maximum absolute atomic E-state index is 7.31. The van der Waals surface area contributed by atoms with Gasteiger partial charge in [0.1, 0.15) is 0 Å². The van der Waals surface area contributed by atoms with E-state index in [4.69, 9.17) is 5.41 Å². The van der Waals surface area contributed by atoms with Crippen LogP contribution in [0.4, 0.5) is 0 Å². The van der Waals surface area contributed by atoms with E-state index < -0.39 is 0 Å². The van der Waals surface area contributed by atoms with Crippen LogP contribution in [0.15, 0.2) is 49.0 Å². The molecule has 0 saturated heterocycles. The molecule has 0 radical (unpaired) electrons. The van der Waals surface area contributed by atoms with Crippen LogP contribution in [-0.2, 0) is 0 Å². The first-order chi connectivity index (χ1) is 12.4. The standard InChI is InChI=1S/C10H12.C9H11N.3C2H6/c1-4-10-6-8(2)5-9(3)7-10;1-7-3-5-9(6-4-7)8(2)10;3*1-2/h4-7H,1H2,2-3H3;3-6,10H,1-2H3;3*1-2H3. The van der Waals surface area contributed by atoms with Crippen molar-refractivity contribution in [2.45, 2.75) is 69.2 Å². The summed E-state index contributed by atoms with van der Waals surface area (Å²) in [5.74, 6) is 0. The molecule has 2 rings (SSSR count). The van der Waals surface area contributed by atoms with Gasteiger partial charge >= 0.3 is 0 Å². The SMILES string of the molecule is C=Cc1cc(C)cc(C)c1.CC.CC.CC.CC(=N)c1ccc(C)cc1. The van der Waals surface area contributed by atoms with Gasteiger partial charge in [0, 0.05) is 5.71 Å². The molecule has 0 aromatic heterocycles. The summed E-state index contributed by atoms with van der Waals surface area (Å²) in [7, 11) is 0. The normalized spacial score (nSPS) is 7.92. The molecule has 1 nitrogen and oxygen atoms in total. The summed E-state index contributed by atoms with van der Waals surface area (Å²) in [5.41, 5.74) is 6.68. The maximum atomic E-state index is 7.31. The largest absolute Gasteiger partial charge is 0.305 e. The summed E-state index contributed by atoms with van der Waals surface area (Å²) in [6.45, 7) is 23.7. The molecule has 0 aliphatic rings. The smallest absolute Gasteiger partial charge is 0.0355 e. The lowest BCUT2D eigenvalue weighted by Crippen LogP contribution is -1.90. The van der Waals surface area contributed by atoms with Crippen LogP contribution in [0.25, 0.3) is 6.08 Å². The zero-order valence-electron chi connectivity index (χ0n) is 18.8. The van der Waals surface area contributed by atoms with Crippen molar-refractivity contribution in [3.05, 3.63) is 76.9 Å². The van der Waals surface area contributed by atoms with Crippen molar-refractivity contribution in [2.24, 2.45) is 0 Å². The molecule has 2 aromatic carbocycles. The molecule has 26 heavy (non-hydrogen) atoms. The van der Waals surface area contributed by atoms with Crippen molar-refractivity contribution in [1.29, 1.82) is 5.41 Å². The third-order valence-electron chi connectivity index (χ3n) is 2.96. The lowest BCUT2D eigenvalue weighted by molar-refractivity contribution is 1.37. The Kier molecular flexibility index (Phi) is 21.1. The Labute approximate surface area is 163 Å². The van der Waals surface area contributed by atoms with Gasteiger partial charge in [0.2, 0.25) is 0 Å². The zero-order chi connectivity index (χ0) is 21.1. The highest BCUT2D eigenvalue weighted by Crippen LogP contribution is 2.09. The molecule has 0 aliphatic carbocycles. The Bertz CT molecular complexity index is 572. The van der Waals surface area contributed by atoms with Crippen LogP contribution >= 0.6 is 0 Å². The summed E-state index contributed by atoms with van der Waals surface area (Å²) >= 11 is 0. The molecule has 1 heteroatoms. The molecule has 0 heterocycles. The van der Waals surface area contributed by atoms with Crippen LogP contribution in [0.3, 0.4) is 0 Å². The van der Waals surface area contributed by atoms with E-state index >= 15 is 0 Å². The third-order valence-corrected chi connectivity index (χ3v) is 2.96. The molecular formula is C25H41N. The van der Waals surface area contributed by atoms with Crippen LogP contribution in [0.2, 0.25) is 0 Å². The average Bonchev–Trinajstić information content (AvgIpc) is 2.66. The summed E-state index contributed by atoms with van der Waals surface area (Å²) in [6, 6.07) is 14.4. The van der Waals surface area contributed by atoms with E-state index in [-0.39, 0.29) is 0 Å². The van der Waals surface area contributed by atoms with Gasteiger partial charge in [-0.3, -0.25) is 0 Å². The van der Waals surface area contributed by atoms with Gasteiger partial charge in [-0.2, -0.15) is 0 Å². The predicted octanol–water partition coefficient (Wildman–Crippen LogP) is 8.41. The number of benzene rings is 2. The van der Waals surface area contributed by atoms with Crippen LogP contribution in [0, 0.1) is 26.2 Å². The summed E-state index contributed by atoms with van der Waals surface area (Å²) in [6.07, 6.45) is 1.88. The lowest BCUT2D eigenvalue weighted by Gasteiger charge is -1.97. The molecule has 0 saturated carbocycles. The van der Waals surface area contributed by atoms with Crippen molar-refractivity contribution in [1.82, 2.24) is 0 Å². The van der Waals surface area contributed by atoms with Crippen molar-refractivity contribution < 1.29 is 0 Å². The Morgan fingerprint density at radius 3 is 1.42 bits per heavy atom. The van der Waals surface area contributed by atoms with Crippen molar-refractivity contribution in [3.63, 3.8) is 0 Å². The second-order valence-electron chi connectivity index (χ2n) is 5.12. The van der Waals surface area contributed by atoms with Gasteiger partial charge in [-0.05, 0) is 38.8 Å². The Morgan fingerprint density at radius 1 is 0.731 bits per heavy atom. The first-order valence-electron chi connectivity index (χ1n) is 9.75. The lowest BCUT2D eigenvalue weighted by atomic mass is 10.1. The molecule has 0 spiro atoms. The highest BCUT2D eigenvalue weighted by molar-refractivity contribution is 5.96. The van der Waals surface area contributed by atoms with E-state index in [0.29, 0.717) is 5.71 Å². The number of rotatable bonds is 2. The summed E-state index contributed by atoms with van der Waals surface area (Å²) < 4.78 is 0. The predicted molar refractivity (Wildman–Crippen MR) is 124 cm³/mol. The number of hydrogen-bond acceptors (Lipinski definition) is 1. The monoisotopic (exact) mass is 355 g/mol. The minimum absolute atomic E-state index is 0.625. The fourth-order valence-corrected chi connectivity index (χ4v) is 1.93. The summed E-state index contributed by atoms with van der Waals surface area (Å²) in [5, 5.41) is 7.31. The van der Waals surface area contributed by atoms with Gasteiger partial charge in [-0.1, -0.05) is 113 Å². The van der Waals surface area contributed by atoms with Gasteiger partial charge in [0.05, 0.1) is 0 Å². The Morgan fingerprint density at radius 2 is 1.12 bits per heavy atom. The van der Waals surface area contributed by atoms with Gasteiger partial charge in [0.25, 0.3) is 0 Å². The van der Waals surface area contributed by atoms with Gasteiger partial charge in [-0.15, -0.1) is 0 Å². The van der Waals surface area contributed by atoms with Crippen molar-refractivity contribution in [2.75, 3.05) is 0 Å². The molecule has 0 amide bonds. The van der Waals surface area contributed by atoms with E-state index in [1.54, 1.807) is 6.92 Å². The van der Waals surface area contributed by atoms with Gasteiger partial charge in [-0.25, -0.2) is 0 Å². The van der Waals surface area contributed by atoms with E-state index in [1.165, 1.54) is 22.3 Å². The molecule has 0 unspecified atom stereocenters.